The fraction of sp³-hybridized carbons (Fsp3) is 0.591. The zero-order chi connectivity index (χ0) is 20.2. The molecule has 29 heavy (non-hydrogen) atoms. The van der Waals surface area contributed by atoms with Crippen molar-refractivity contribution in [3.8, 4) is 0 Å². The molecule has 2 aromatic rings. The molecule has 2 fully saturated rings. The molecule has 1 aromatic heterocycles. The van der Waals surface area contributed by atoms with E-state index in [2.05, 4.69) is 56.6 Å². The van der Waals surface area contributed by atoms with Crippen molar-refractivity contribution in [3.05, 3.63) is 47.0 Å². The third-order valence-corrected chi connectivity index (χ3v) is 6.10. The van der Waals surface area contributed by atoms with Gasteiger partial charge in [0.05, 0.1) is 12.0 Å². The van der Waals surface area contributed by atoms with Crippen molar-refractivity contribution in [2.45, 2.75) is 51.6 Å². The summed E-state index contributed by atoms with van der Waals surface area (Å²) < 4.78 is 5.40. The average Bonchev–Trinajstić information content (AvgIpc) is 3.35. The number of aromatic nitrogens is 3. The Labute approximate surface area is 172 Å². The molecule has 2 saturated heterocycles. The summed E-state index contributed by atoms with van der Waals surface area (Å²) in [5, 5.41) is 10.7. The molecule has 1 aromatic carbocycles. The number of nitrogens with zero attached hydrogens (tertiary/aromatic N) is 3. The summed E-state index contributed by atoms with van der Waals surface area (Å²) in [7, 11) is 0. The first kappa shape index (κ1) is 20.0. The van der Waals surface area contributed by atoms with Crippen LogP contribution in [-0.4, -0.2) is 58.3 Å². The van der Waals surface area contributed by atoms with Gasteiger partial charge in [-0.25, -0.2) is 4.98 Å². The number of carbonyl (C=O) groups is 1. The van der Waals surface area contributed by atoms with Crippen LogP contribution in [0.3, 0.4) is 0 Å². The third kappa shape index (κ3) is 4.85. The van der Waals surface area contributed by atoms with Crippen LogP contribution in [0.1, 0.15) is 48.5 Å². The number of H-pyrrole nitrogens is 1. The fourth-order valence-corrected chi connectivity index (χ4v) is 4.35. The monoisotopic (exact) mass is 397 g/mol. The van der Waals surface area contributed by atoms with Gasteiger partial charge in [-0.05, 0) is 37.3 Å². The minimum atomic E-state index is 0.0236. The van der Waals surface area contributed by atoms with Crippen LogP contribution in [0, 0.1) is 12.8 Å². The zero-order valence-corrected chi connectivity index (χ0v) is 17.4. The van der Waals surface area contributed by atoms with Gasteiger partial charge >= 0.3 is 0 Å². The van der Waals surface area contributed by atoms with Crippen LogP contribution in [0.2, 0.25) is 0 Å². The molecule has 0 radical (unpaired) electrons. The van der Waals surface area contributed by atoms with Gasteiger partial charge in [-0.2, -0.15) is 5.10 Å². The van der Waals surface area contributed by atoms with Gasteiger partial charge in [-0.15, -0.1) is 0 Å². The van der Waals surface area contributed by atoms with Crippen molar-refractivity contribution in [2.75, 3.05) is 26.3 Å². The smallest absolute Gasteiger partial charge is 0.223 e. The Morgan fingerprint density at radius 1 is 1.21 bits per heavy atom. The molecule has 3 heterocycles. The number of likely N-dealkylation sites (tertiary alicyclic amines) is 1. The predicted molar refractivity (Wildman–Crippen MR) is 110 cm³/mol. The van der Waals surface area contributed by atoms with E-state index in [-0.39, 0.29) is 23.8 Å². The van der Waals surface area contributed by atoms with Crippen LogP contribution in [-0.2, 0) is 22.5 Å². The molecule has 7 heteroatoms. The number of ether oxygens (including phenoxy) is 1. The molecular weight excluding hydrogens is 366 g/mol. The lowest BCUT2D eigenvalue weighted by atomic mass is 9.97. The molecular formula is C22H31N5O2. The SMILES string of the molecule is CCc1ccc(CN2C[C@@H](NC(=O)C3CCOCC3)[C@H](c3n[nH]c(C)n3)C2)cc1. The van der Waals surface area contributed by atoms with Gasteiger partial charge in [0.1, 0.15) is 5.82 Å². The molecule has 2 N–H and O–H groups in total. The maximum absolute atomic E-state index is 12.8. The summed E-state index contributed by atoms with van der Waals surface area (Å²) in [4.78, 5) is 19.8. The number of amides is 1. The number of aromatic amines is 1. The number of rotatable bonds is 6. The lowest BCUT2D eigenvalue weighted by Crippen LogP contribution is -2.44. The van der Waals surface area contributed by atoms with Crippen molar-refractivity contribution < 1.29 is 9.53 Å². The van der Waals surface area contributed by atoms with Gasteiger partial charge < -0.3 is 10.1 Å². The summed E-state index contributed by atoms with van der Waals surface area (Å²) in [5.41, 5.74) is 2.65. The lowest BCUT2D eigenvalue weighted by Gasteiger charge is -2.25. The Morgan fingerprint density at radius 3 is 2.59 bits per heavy atom. The second-order valence-electron chi connectivity index (χ2n) is 8.25. The van der Waals surface area contributed by atoms with Gasteiger partial charge in [0.25, 0.3) is 0 Å². The normalized spacial score (nSPS) is 23.4. The van der Waals surface area contributed by atoms with Crippen LogP contribution >= 0.6 is 0 Å². The molecule has 156 valence electrons. The average molecular weight is 398 g/mol. The Bertz CT molecular complexity index is 813. The molecule has 0 unspecified atom stereocenters. The largest absolute Gasteiger partial charge is 0.381 e. The first-order valence-corrected chi connectivity index (χ1v) is 10.7. The highest BCUT2D eigenvalue weighted by molar-refractivity contribution is 5.79. The van der Waals surface area contributed by atoms with Crippen LogP contribution in [0.15, 0.2) is 24.3 Å². The molecule has 0 spiro atoms. The van der Waals surface area contributed by atoms with Gasteiger partial charge in [0.2, 0.25) is 5.91 Å². The topological polar surface area (TPSA) is 83.1 Å². The van der Waals surface area contributed by atoms with Crippen molar-refractivity contribution in [1.82, 2.24) is 25.4 Å². The number of hydrogen-bond donors (Lipinski definition) is 2. The summed E-state index contributed by atoms with van der Waals surface area (Å²) in [5.74, 6) is 1.89. The predicted octanol–water partition coefficient (Wildman–Crippen LogP) is 2.19. The lowest BCUT2D eigenvalue weighted by molar-refractivity contribution is -0.128. The highest BCUT2D eigenvalue weighted by atomic mass is 16.5. The number of nitrogens with one attached hydrogen (secondary N) is 2. The molecule has 2 aliphatic rings. The third-order valence-electron chi connectivity index (χ3n) is 6.10. The van der Waals surface area contributed by atoms with E-state index in [1.807, 2.05) is 6.92 Å². The van der Waals surface area contributed by atoms with Crippen molar-refractivity contribution >= 4 is 5.91 Å². The van der Waals surface area contributed by atoms with Crippen LogP contribution < -0.4 is 5.32 Å². The van der Waals surface area contributed by atoms with E-state index in [1.54, 1.807) is 0 Å². The molecule has 0 saturated carbocycles. The zero-order valence-electron chi connectivity index (χ0n) is 17.4. The fourth-order valence-electron chi connectivity index (χ4n) is 4.35. The minimum Gasteiger partial charge on any atom is -0.381 e. The van der Waals surface area contributed by atoms with E-state index >= 15 is 0 Å². The summed E-state index contributed by atoms with van der Waals surface area (Å²) >= 11 is 0. The quantitative estimate of drug-likeness (QED) is 0.781. The van der Waals surface area contributed by atoms with E-state index in [1.165, 1.54) is 11.1 Å². The standard InChI is InChI=1S/C22H31N5O2/c1-3-16-4-6-17(7-5-16)12-27-13-19(21-23-15(2)25-26-21)20(14-27)24-22(28)18-8-10-29-11-9-18/h4-7,18-20H,3,8-14H2,1-2H3,(H,24,28)(H,23,25,26)/t19-,20-/m1/s1. The Balaban J connectivity index is 1.45. The first-order valence-electron chi connectivity index (χ1n) is 10.7. The number of carbonyl (C=O) groups excluding carboxylic acids is 1. The summed E-state index contributed by atoms with van der Waals surface area (Å²) in [6.07, 6.45) is 2.66. The molecule has 0 aliphatic carbocycles. The van der Waals surface area contributed by atoms with Gasteiger partial charge in [0, 0.05) is 38.8 Å². The maximum atomic E-state index is 12.8. The molecule has 4 rings (SSSR count). The van der Waals surface area contributed by atoms with E-state index < -0.39 is 0 Å². The van der Waals surface area contributed by atoms with Crippen LogP contribution in [0.25, 0.3) is 0 Å². The Morgan fingerprint density at radius 2 is 1.93 bits per heavy atom. The van der Waals surface area contributed by atoms with Gasteiger partial charge in [-0.3, -0.25) is 14.8 Å². The van der Waals surface area contributed by atoms with Gasteiger partial charge in [0.15, 0.2) is 5.82 Å². The van der Waals surface area contributed by atoms with Crippen LogP contribution in [0.4, 0.5) is 0 Å². The molecule has 2 aliphatic heterocycles. The summed E-state index contributed by atoms with van der Waals surface area (Å²) in [6, 6.07) is 8.84. The molecule has 1 amide bonds. The van der Waals surface area contributed by atoms with E-state index in [0.717, 1.165) is 50.5 Å². The van der Waals surface area contributed by atoms with E-state index in [4.69, 9.17) is 4.74 Å². The minimum absolute atomic E-state index is 0.0236. The highest BCUT2D eigenvalue weighted by Gasteiger charge is 2.38. The number of aryl methyl sites for hydroxylation is 2. The second kappa shape index (κ2) is 9.05. The number of hydrogen-bond acceptors (Lipinski definition) is 5. The van der Waals surface area contributed by atoms with Crippen molar-refractivity contribution in [1.29, 1.82) is 0 Å². The van der Waals surface area contributed by atoms with Crippen molar-refractivity contribution in [2.24, 2.45) is 5.92 Å². The molecule has 2 atom stereocenters. The van der Waals surface area contributed by atoms with E-state index in [0.29, 0.717) is 13.2 Å². The second-order valence-corrected chi connectivity index (χ2v) is 8.25. The van der Waals surface area contributed by atoms with Crippen LogP contribution in [0.5, 0.6) is 0 Å². The maximum Gasteiger partial charge on any atom is 0.223 e. The number of benzene rings is 1. The van der Waals surface area contributed by atoms with Crippen molar-refractivity contribution in [3.63, 3.8) is 0 Å². The molecule has 0 bridgehead atoms. The first-order chi connectivity index (χ1) is 14.1. The molecule has 7 nitrogen and oxygen atoms in total. The van der Waals surface area contributed by atoms with E-state index in [9.17, 15) is 4.79 Å². The Kier molecular flexibility index (Phi) is 6.25. The Hall–Kier alpha value is -2.25. The van der Waals surface area contributed by atoms with Gasteiger partial charge in [-0.1, -0.05) is 31.2 Å². The highest BCUT2D eigenvalue weighted by Crippen LogP contribution is 2.28. The summed E-state index contributed by atoms with van der Waals surface area (Å²) in [6.45, 7) is 7.94.